The summed E-state index contributed by atoms with van der Waals surface area (Å²) in [5.74, 6) is 1.19. The predicted octanol–water partition coefficient (Wildman–Crippen LogP) is 5.28. The molecule has 3 rings (SSSR count). The molecule has 1 heterocycles. The first-order valence-electron chi connectivity index (χ1n) is 11.0. The molecule has 0 unspecified atom stereocenters. The maximum absolute atomic E-state index is 12.9. The van der Waals surface area contributed by atoms with Crippen molar-refractivity contribution in [1.29, 1.82) is 0 Å². The van der Waals surface area contributed by atoms with Crippen LogP contribution < -0.4 is 19.7 Å². The van der Waals surface area contributed by atoms with Crippen LogP contribution in [-0.4, -0.2) is 31.6 Å². The molecule has 0 radical (unpaired) electrons. The van der Waals surface area contributed by atoms with Crippen LogP contribution in [0, 0.1) is 5.41 Å². The van der Waals surface area contributed by atoms with Crippen molar-refractivity contribution in [2.24, 2.45) is 5.41 Å². The molecule has 0 saturated heterocycles. The van der Waals surface area contributed by atoms with Crippen LogP contribution in [0.1, 0.15) is 57.3 Å². The molecule has 2 aromatic rings. The number of amides is 2. The molecule has 0 fully saturated rings. The van der Waals surface area contributed by atoms with Crippen LogP contribution in [0.4, 0.5) is 11.4 Å². The zero-order chi connectivity index (χ0) is 22.4. The Balaban J connectivity index is 1.74. The van der Waals surface area contributed by atoms with Gasteiger partial charge in [-0.3, -0.25) is 9.59 Å². The van der Waals surface area contributed by atoms with E-state index >= 15 is 0 Å². The molecule has 1 N–H and O–H groups in total. The van der Waals surface area contributed by atoms with Crippen LogP contribution in [-0.2, 0) is 4.79 Å². The van der Waals surface area contributed by atoms with Crippen LogP contribution in [0.3, 0.4) is 0 Å². The van der Waals surface area contributed by atoms with E-state index in [1.54, 1.807) is 41.3 Å². The summed E-state index contributed by atoms with van der Waals surface area (Å²) in [6.07, 6.45) is 2.92. The molecule has 6 nitrogen and oxygen atoms in total. The average Bonchev–Trinajstić information content (AvgIpc) is 2.85. The van der Waals surface area contributed by atoms with E-state index in [0.717, 1.165) is 30.7 Å². The molecule has 1 aliphatic heterocycles. The Hall–Kier alpha value is -3.02. The summed E-state index contributed by atoms with van der Waals surface area (Å²) < 4.78 is 11.6. The van der Waals surface area contributed by atoms with Gasteiger partial charge in [0.25, 0.3) is 5.91 Å². The van der Waals surface area contributed by atoms with E-state index in [9.17, 15) is 9.59 Å². The fraction of sp³-hybridized carbons (Fsp3) is 0.440. The number of unbranched alkanes of at least 4 members (excludes halogenated alkanes) is 1. The number of carbonyl (C=O) groups is 2. The zero-order valence-corrected chi connectivity index (χ0v) is 18.9. The molecule has 0 spiro atoms. The lowest BCUT2D eigenvalue weighted by Crippen LogP contribution is -2.42. The number of ether oxygens (including phenoxy) is 2. The van der Waals surface area contributed by atoms with E-state index < -0.39 is 5.41 Å². The summed E-state index contributed by atoms with van der Waals surface area (Å²) in [6, 6.07) is 12.5. The van der Waals surface area contributed by atoms with Gasteiger partial charge in [0, 0.05) is 23.9 Å². The van der Waals surface area contributed by atoms with Gasteiger partial charge in [-0.05, 0) is 63.1 Å². The second-order valence-corrected chi connectivity index (χ2v) is 8.49. The second kappa shape index (κ2) is 9.86. The van der Waals surface area contributed by atoms with Gasteiger partial charge in [0.15, 0.2) is 0 Å². The molecule has 166 valence electrons. The third-order valence-electron chi connectivity index (χ3n) is 5.25. The predicted molar refractivity (Wildman–Crippen MR) is 123 cm³/mol. The molecule has 2 aromatic carbocycles. The fourth-order valence-electron chi connectivity index (χ4n) is 3.41. The topological polar surface area (TPSA) is 67.9 Å². The molecule has 1 aliphatic rings. The molecule has 0 atom stereocenters. The SMILES string of the molecule is CCCCOc1ccc(C(=O)Nc2ccc3c(c2)OCC(C)(C)C(=O)N3CCC)cc1. The number of benzene rings is 2. The molecule has 31 heavy (non-hydrogen) atoms. The molecule has 6 heteroatoms. The highest BCUT2D eigenvalue weighted by atomic mass is 16.5. The van der Waals surface area contributed by atoms with Gasteiger partial charge in [-0.1, -0.05) is 20.3 Å². The number of nitrogens with zero attached hydrogens (tertiary/aromatic N) is 1. The fourth-order valence-corrected chi connectivity index (χ4v) is 3.41. The minimum Gasteiger partial charge on any atom is -0.494 e. The smallest absolute Gasteiger partial charge is 0.255 e. The molecular weight excluding hydrogens is 392 g/mol. The first-order valence-corrected chi connectivity index (χ1v) is 11.0. The van der Waals surface area contributed by atoms with Gasteiger partial charge in [-0.15, -0.1) is 0 Å². The highest BCUT2D eigenvalue weighted by molar-refractivity contribution is 6.05. The normalized spacial score (nSPS) is 15.0. The van der Waals surface area contributed by atoms with Crippen molar-refractivity contribution in [2.75, 3.05) is 30.0 Å². The quantitative estimate of drug-likeness (QED) is 0.586. The van der Waals surface area contributed by atoms with E-state index in [2.05, 4.69) is 12.2 Å². The first-order chi connectivity index (χ1) is 14.9. The highest BCUT2D eigenvalue weighted by Crippen LogP contribution is 2.38. The van der Waals surface area contributed by atoms with Crippen molar-refractivity contribution < 1.29 is 19.1 Å². The summed E-state index contributed by atoms with van der Waals surface area (Å²) in [6.45, 7) is 9.52. The van der Waals surface area contributed by atoms with E-state index in [0.29, 0.717) is 30.2 Å². The van der Waals surface area contributed by atoms with Crippen molar-refractivity contribution >= 4 is 23.2 Å². The van der Waals surface area contributed by atoms with Crippen LogP contribution in [0.15, 0.2) is 42.5 Å². The lowest BCUT2D eigenvalue weighted by molar-refractivity contribution is -0.127. The molecule has 2 amide bonds. The summed E-state index contributed by atoms with van der Waals surface area (Å²) >= 11 is 0. The molecule has 0 aliphatic carbocycles. The van der Waals surface area contributed by atoms with Crippen LogP contribution in [0.5, 0.6) is 11.5 Å². The summed E-state index contributed by atoms with van der Waals surface area (Å²) in [7, 11) is 0. The Morgan fingerprint density at radius 2 is 1.87 bits per heavy atom. The van der Waals surface area contributed by atoms with Crippen molar-refractivity contribution in [2.45, 2.75) is 47.0 Å². The van der Waals surface area contributed by atoms with Gasteiger partial charge in [0.1, 0.15) is 18.1 Å². The highest BCUT2D eigenvalue weighted by Gasteiger charge is 2.37. The number of nitrogens with one attached hydrogen (secondary N) is 1. The van der Waals surface area contributed by atoms with Crippen molar-refractivity contribution in [3.8, 4) is 11.5 Å². The Morgan fingerprint density at radius 3 is 2.55 bits per heavy atom. The summed E-state index contributed by atoms with van der Waals surface area (Å²) in [4.78, 5) is 27.4. The van der Waals surface area contributed by atoms with Gasteiger partial charge >= 0.3 is 0 Å². The number of anilines is 2. The Labute approximate surface area is 184 Å². The van der Waals surface area contributed by atoms with Gasteiger partial charge in [0.2, 0.25) is 5.91 Å². The zero-order valence-electron chi connectivity index (χ0n) is 18.9. The minimum absolute atomic E-state index is 0.0473. The first kappa shape index (κ1) is 22.7. The van der Waals surface area contributed by atoms with Crippen LogP contribution in [0.25, 0.3) is 0 Å². The molecule has 0 bridgehead atoms. The van der Waals surface area contributed by atoms with Gasteiger partial charge in [-0.25, -0.2) is 0 Å². The maximum atomic E-state index is 12.9. The van der Waals surface area contributed by atoms with E-state index in [-0.39, 0.29) is 18.4 Å². The number of carbonyl (C=O) groups excluding carboxylic acids is 2. The van der Waals surface area contributed by atoms with Crippen LogP contribution in [0.2, 0.25) is 0 Å². The van der Waals surface area contributed by atoms with Crippen molar-refractivity contribution in [1.82, 2.24) is 0 Å². The average molecular weight is 425 g/mol. The molecular formula is C25H32N2O4. The van der Waals surface area contributed by atoms with Crippen molar-refractivity contribution in [3.05, 3.63) is 48.0 Å². The van der Waals surface area contributed by atoms with E-state index in [1.165, 1.54) is 0 Å². The standard InChI is InChI=1S/C25H32N2O4/c1-5-7-15-30-20-11-8-18(9-12-20)23(28)26-19-10-13-21-22(16-19)31-17-25(3,4)24(29)27(21)14-6-2/h8-13,16H,5-7,14-15,17H2,1-4H3,(H,26,28). The number of fused-ring (bicyclic) bond motifs is 1. The van der Waals surface area contributed by atoms with Crippen molar-refractivity contribution in [3.63, 3.8) is 0 Å². The lowest BCUT2D eigenvalue weighted by atomic mass is 9.93. The monoisotopic (exact) mass is 424 g/mol. The van der Waals surface area contributed by atoms with E-state index in [1.807, 2.05) is 26.8 Å². The number of hydrogen-bond donors (Lipinski definition) is 1. The summed E-state index contributed by atoms with van der Waals surface area (Å²) in [5, 5.41) is 2.92. The van der Waals surface area contributed by atoms with Gasteiger partial charge < -0.3 is 19.7 Å². The summed E-state index contributed by atoms with van der Waals surface area (Å²) in [5.41, 5.74) is 1.29. The van der Waals surface area contributed by atoms with E-state index in [4.69, 9.17) is 9.47 Å². The maximum Gasteiger partial charge on any atom is 0.255 e. The van der Waals surface area contributed by atoms with Gasteiger partial charge in [-0.2, -0.15) is 0 Å². The third-order valence-corrected chi connectivity index (χ3v) is 5.25. The minimum atomic E-state index is -0.613. The Bertz CT molecular complexity index is 922. The number of hydrogen-bond acceptors (Lipinski definition) is 4. The largest absolute Gasteiger partial charge is 0.494 e. The molecule has 0 aromatic heterocycles. The Morgan fingerprint density at radius 1 is 1.13 bits per heavy atom. The van der Waals surface area contributed by atoms with Gasteiger partial charge in [0.05, 0.1) is 17.7 Å². The molecule has 0 saturated carbocycles. The third kappa shape index (κ3) is 5.37. The van der Waals surface area contributed by atoms with Crippen LogP contribution >= 0.6 is 0 Å². The number of rotatable bonds is 8. The Kier molecular flexibility index (Phi) is 7.21. The second-order valence-electron chi connectivity index (χ2n) is 8.49. The lowest BCUT2D eigenvalue weighted by Gasteiger charge is -2.27.